The van der Waals surface area contributed by atoms with Crippen molar-refractivity contribution in [1.82, 2.24) is 10.2 Å². The largest absolute Gasteiger partial charge is 0.444 e. The van der Waals surface area contributed by atoms with Crippen LogP contribution in [0, 0.1) is 5.92 Å². The van der Waals surface area contributed by atoms with Crippen molar-refractivity contribution in [2.24, 2.45) is 5.92 Å². The first-order valence-electron chi connectivity index (χ1n) is 7.40. The minimum atomic E-state index is -0.410. The summed E-state index contributed by atoms with van der Waals surface area (Å²) in [7, 11) is 4.24. The van der Waals surface area contributed by atoms with E-state index in [1.54, 1.807) is 0 Å². The van der Waals surface area contributed by atoms with Crippen LogP contribution in [0.2, 0.25) is 0 Å². The van der Waals surface area contributed by atoms with E-state index in [0.717, 1.165) is 25.3 Å². The van der Waals surface area contributed by atoms with Gasteiger partial charge >= 0.3 is 6.09 Å². The molecule has 0 unspecified atom stereocenters. The highest BCUT2D eigenvalue weighted by molar-refractivity contribution is 5.68. The van der Waals surface area contributed by atoms with Crippen LogP contribution in [0.1, 0.15) is 52.9 Å². The lowest BCUT2D eigenvalue weighted by molar-refractivity contribution is 0.0486. The Morgan fingerprint density at radius 1 is 1.21 bits per heavy atom. The molecule has 1 amide bonds. The zero-order valence-corrected chi connectivity index (χ0v) is 13.2. The average molecular weight is 270 g/mol. The molecule has 112 valence electrons. The monoisotopic (exact) mass is 270 g/mol. The fraction of sp³-hybridized carbons (Fsp3) is 0.933. The lowest BCUT2D eigenvalue weighted by Crippen LogP contribution is -2.41. The number of hydrogen-bond acceptors (Lipinski definition) is 3. The van der Waals surface area contributed by atoms with Gasteiger partial charge in [-0.3, -0.25) is 0 Å². The quantitative estimate of drug-likeness (QED) is 0.854. The van der Waals surface area contributed by atoms with Gasteiger partial charge in [0.2, 0.25) is 0 Å². The second kappa shape index (κ2) is 7.13. The van der Waals surface area contributed by atoms with E-state index >= 15 is 0 Å². The molecule has 4 heteroatoms. The summed E-state index contributed by atoms with van der Waals surface area (Å²) in [5.41, 5.74) is -0.410. The van der Waals surface area contributed by atoms with E-state index < -0.39 is 5.60 Å². The zero-order valence-electron chi connectivity index (χ0n) is 13.2. The maximum Gasteiger partial charge on any atom is 0.407 e. The van der Waals surface area contributed by atoms with Gasteiger partial charge in [0.05, 0.1) is 0 Å². The molecule has 0 spiro atoms. The first kappa shape index (κ1) is 16.3. The Morgan fingerprint density at radius 2 is 1.79 bits per heavy atom. The van der Waals surface area contributed by atoms with Crippen LogP contribution < -0.4 is 5.32 Å². The Kier molecular flexibility index (Phi) is 6.11. The average Bonchev–Trinajstić information content (AvgIpc) is 2.25. The molecule has 1 rings (SSSR count). The smallest absolute Gasteiger partial charge is 0.407 e. The third kappa shape index (κ3) is 7.41. The predicted molar refractivity (Wildman–Crippen MR) is 78.3 cm³/mol. The van der Waals surface area contributed by atoms with Crippen LogP contribution in [-0.4, -0.2) is 43.3 Å². The molecule has 1 saturated carbocycles. The van der Waals surface area contributed by atoms with E-state index in [9.17, 15) is 4.79 Å². The molecule has 0 saturated heterocycles. The van der Waals surface area contributed by atoms with Crippen molar-refractivity contribution >= 4 is 6.09 Å². The summed E-state index contributed by atoms with van der Waals surface area (Å²) >= 11 is 0. The number of rotatable bonds is 4. The Hall–Kier alpha value is -0.770. The number of carbonyl (C=O) groups excluding carboxylic acids is 1. The second-order valence-electron chi connectivity index (χ2n) is 6.96. The maximum atomic E-state index is 11.7. The van der Waals surface area contributed by atoms with Crippen LogP contribution in [-0.2, 0) is 4.74 Å². The summed E-state index contributed by atoms with van der Waals surface area (Å²) in [5.74, 6) is 0.819. The van der Waals surface area contributed by atoms with Gasteiger partial charge in [-0.25, -0.2) is 4.79 Å². The third-order valence-electron chi connectivity index (χ3n) is 3.55. The molecule has 0 radical (unpaired) electrons. The number of carbonyl (C=O) groups is 1. The van der Waals surface area contributed by atoms with E-state index in [4.69, 9.17) is 4.74 Å². The molecule has 0 aromatic heterocycles. The Labute approximate surface area is 117 Å². The molecule has 0 aromatic carbocycles. The van der Waals surface area contributed by atoms with Crippen molar-refractivity contribution in [1.29, 1.82) is 0 Å². The summed E-state index contributed by atoms with van der Waals surface area (Å²) in [4.78, 5) is 13.9. The Morgan fingerprint density at radius 3 is 2.26 bits per heavy atom. The van der Waals surface area contributed by atoms with Crippen LogP contribution in [0.5, 0.6) is 0 Å². The molecule has 4 nitrogen and oxygen atoms in total. The van der Waals surface area contributed by atoms with Crippen molar-refractivity contribution in [2.45, 2.75) is 64.5 Å². The van der Waals surface area contributed by atoms with Gasteiger partial charge in [0, 0.05) is 6.04 Å². The topological polar surface area (TPSA) is 41.6 Å². The van der Waals surface area contributed by atoms with Crippen LogP contribution in [0.4, 0.5) is 4.79 Å². The third-order valence-corrected chi connectivity index (χ3v) is 3.55. The van der Waals surface area contributed by atoms with Gasteiger partial charge in [0.1, 0.15) is 5.60 Å². The SMILES string of the molecule is CN(C)CCC1CCC(NC(=O)OC(C)(C)C)CC1. The number of nitrogens with zero attached hydrogens (tertiary/aromatic N) is 1. The summed E-state index contributed by atoms with van der Waals surface area (Å²) in [6.45, 7) is 6.84. The fourth-order valence-electron chi connectivity index (χ4n) is 2.51. The molecular weight excluding hydrogens is 240 g/mol. The highest BCUT2D eigenvalue weighted by Crippen LogP contribution is 2.27. The van der Waals surface area contributed by atoms with Gasteiger partial charge in [-0.15, -0.1) is 0 Å². The molecule has 0 bridgehead atoms. The van der Waals surface area contributed by atoms with E-state index in [1.165, 1.54) is 19.3 Å². The number of ether oxygens (including phenoxy) is 1. The van der Waals surface area contributed by atoms with Crippen LogP contribution in [0.25, 0.3) is 0 Å². The molecule has 0 aromatic rings. The van der Waals surface area contributed by atoms with Gasteiger partial charge < -0.3 is 15.0 Å². The van der Waals surface area contributed by atoms with Gasteiger partial charge in [0.15, 0.2) is 0 Å². The first-order valence-corrected chi connectivity index (χ1v) is 7.40. The summed E-state index contributed by atoms with van der Waals surface area (Å²) in [6.07, 6.45) is 5.59. The number of amides is 1. The summed E-state index contributed by atoms with van der Waals surface area (Å²) < 4.78 is 5.29. The number of hydrogen-bond donors (Lipinski definition) is 1. The normalized spacial score (nSPS) is 24.3. The lowest BCUT2D eigenvalue weighted by atomic mass is 9.84. The van der Waals surface area contributed by atoms with Crippen molar-refractivity contribution in [3.8, 4) is 0 Å². The van der Waals surface area contributed by atoms with Gasteiger partial charge in [-0.1, -0.05) is 0 Å². The zero-order chi connectivity index (χ0) is 14.5. The molecular formula is C15H30N2O2. The molecule has 1 N–H and O–H groups in total. The van der Waals surface area contributed by atoms with Crippen molar-refractivity contribution in [3.63, 3.8) is 0 Å². The highest BCUT2D eigenvalue weighted by atomic mass is 16.6. The molecule has 0 heterocycles. The van der Waals surface area contributed by atoms with Crippen molar-refractivity contribution in [3.05, 3.63) is 0 Å². The maximum absolute atomic E-state index is 11.7. The molecule has 19 heavy (non-hydrogen) atoms. The second-order valence-corrected chi connectivity index (χ2v) is 6.96. The van der Waals surface area contributed by atoms with Gasteiger partial charge in [-0.2, -0.15) is 0 Å². The molecule has 0 atom stereocenters. The lowest BCUT2D eigenvalue weighted by Gasteiger charge is -2.30. The molecule has 1 fully saturated rings. The van der Waals surface area contributed by atoms with E-state index in [1.807, 2.05) is 20.8 Å². The minimum Gasteiger partial charge on any atom is -0.444 e. The van der Waals surface area contributed by atoms with Crippen molar-refractivity contribution in [2.75, 3.05) is 20.6 Å². The molecule has 1 aliphatic rings. The van der Waals surface area contributed by atoms with E-state index in [0.29, 0.717) is 6.04 Å². The predicted octanol–water partition coefficient (Wildman–Crippen LogP) is 3.02. The summed E-state index contributed by atoms with van der Waals surface area (Å²) in [6, 6.07) is 0.297. The summed E-state index contributed by atoms with van der Waals surface area (Å²) in [5, 5.41) is 2.99. The minimum absolute atomic E-state index is 0.274. The van der Waals surface area contributed by atoms with Gasteiger partial charge in [-0.05, 0) is 79.4 Å². The fourth-order valence-corrected chi connectivity index (χ4v) is 2.51. The van der Waals surface area contributed by atoms with Crippen LogP contribution >= 0.6 is 0 Å². The Bertz CT molecular complexity index is 276. The number of nitrogens with one attached hydrogen (secondary N) is 1. The first-order chi connectivity index (χ1) is 8.76. The molecule has 0 aliphatic heterocycles. The highest BCUT2D eigenvalue weighted by Gasteiger charge is 2.24. The van der Waals surface area contributed by atoms with E-state index in [2.05, 4.69) is 24.3 Å². The van der Waals surface area contributed by atoms with Crippen LogP contribution in [0.15, 0.2) is 0 Å². The van der Waals surface area contributed by atoms with Crippen LogP contribution in [0.3, 0.4) is 0 Å². The van der Waals surface area contributed by atoms with Crippen molar-refractivity contribution < 1.29 is 9.53 Å². The molecule has 1 aliphatic carbocycles. The number of alkyl carbamates (subject to hydrolysis) is 1. The standard InChI is InChI=1S/C15H30N2O2/c1-15(2,3)19-14(18)16-13-8-6-12(7-9-13)10-11-17(4)5/h12-13H,6-11H2,1-5H3,(H,16,18). The van der Waals surface area contributed by atoms with Gasteiger partial charge in [0.25, 0.3) is 0 Å². The van der Waals surface area contributed by atoms with E-state index in [-0.39, 0.29) is 6.09 Å². The Balaban J connectivity index is 2.21.